The van der Waals surface area contributed by atoms with E-state index in [1.807, 2.05) is 0 Å². The van der Waals surface area contributed by atoms with Crippen LogP contribution in [0.2, 0.25) is 0 Å². The van der Waals surface area contributed by atoms with Gasteiger partial charge in [0.2, 0.25) is 0 Å². The van der Waals surface area contributed by atoms with Crippen molar-refractivity contribution < 1.29 is 40.7 Å². The summed E-state index contributed by atoms with van der Waals surface area (Å²) in [4.78, 5) is 11.6. The Labute approximate surface area is 143 Å². The molecule has 0 saturated heterocycles. The predicted molar refractivity (Wildman–Crippen MR) is 83.8 cm³/mol. The van der Waals surface area contributed by atoms with Gasteiger partial charge < -0.3 is 18.2 Å². The van der Waals surface area contributed by atoms with E-state index in [0.29, 0.717) is 6.07 Å². The summed E-state index contributed by atoms with van der Waals surface area (Å²) in [5, 5.41) is -0.457. The van der Waals surface area contributed by atoms with Gasteiger partial charge in [-0.2, -0.15) is 13.2 Å². The van der Waals surface area contributed by atoms with Crippen LogP contribution >= 0.6 is 7.60 Å². The molecule has 0 atom stereocenters. The fourth-order valence-electron chi connectivity index (χ4n) is 1.98. The van der Waals surface area contributed by atoms with E-state index in [0.717, 1.165) is 12.3 Å². The van der Waals surface area contributed by atoms with Crippen LogP contribution in [0.3, 0.4) is 0 Å². The molecule has 6 nitrogen and oxygen atoms in total. The number of halogens is 3. The molecule has 0 spiro atoms. The molecular formula is C15H20F3O6P. The standard InChI is InChI=1S/C15H20F3O6P/c1-4-21-13(19)8-7-12(25(20,23-5-2)24-6-3)14-11(9-10-22-14)15(16,17)18/h7,9-10H,4-6,8H2,1-3H3/b12-7-. The Morgan fingerprint density at radius 1 is 1.20 bits per heavy atom. The van der Waals surface area contributed by atoms with Crippen LogP contribution in [0, 0.1) is 0 Å². The fourth-order valence-corrected chi connectivity index (χ4v) is 3.75. The molecule has 0 aliphatic rings. The minimum Gasteiger partial charge on any atom is -0.466 e. The van der Waals surface area contributed by atoms with Gasteiger partial charge in [0.05, 0.1) is 32.5 Å². The second-order valence-corrected chi connectivity index (χ2v) is 6.59. The molecule has 1 aromatic rings. The highest BCUT2D eigenvalue weighted by molar-refractivity contribution is 7.65. The topological polar surface area (TPSA) is 75.0 Å². The Kier molecular flexibility index (Phi) is 7.92. The van der Waals surface area contributed by atoms with E-state index in [4.69, 9.17) is 18.2 Å². The molecule has 10 heteroatoms. The molecule has 0 unspecified atom stereocenters. The van der Waals surface area contributed by atoms with Crippen LogP contribution in [-0.4, -0.2) is 25.8 Å². The smallest absolute Gasteiger partial charge is 0.420 e. The van der Waals surface area contributed by atoms with Crippen molar-refractivity contribution in [2.45, 2.75) is 33.4 Å². The van der Waals surface area contributed by atoms with Crippen LogP contribution in [0.15, 0.2) is 22.8 Å². The van der Waals surface area contributed by atoms with E-state index in [1.165, 1.54) is 13.8 Å². The Bertz CT molecular complexity index is 640. The quantitative estimate of drug-likeness (QED) is 0.447. The van der Waals surface area contributed by atoms with E-state index < -0.39 is 42.8 Å². The minimum absolute atomic E-state index is 0.0733. The van der Waals surface area contributed by atoms with Crippen molar-refractivity contribution in [2.24, 2.45) is 0 Å². The first-order valence-corrected chi connectivity index (χ1v) is 9.14. The third-order valence-corrected chi connectivity index (χ3v) is 5.04. The molecule has 0 bridgehead atoms. The molecule has 142 valence electrons. The summed E-state index contributed by atoms with van der Waals surface area (Å²) in [5.74, 6) is -1.40. The molecular weight excluding hydrogens is 364 g/mol. The number of esters is 1. The summed E-state index contributed by atoms with van der Waals surface area (Å²) in [6.07, 6.45) is -3.31. The largest absolute Gasteiger partial charge is 0.466 e. The van der Waals surface area contributed by atoms with E-state index in [9.17, 15) is 22.5 Å². The van der Waals surface area contributed by atoms with Crippen molar-refractivity contribution in [3.63, 3.8) is 0 Å². The zero-order valence-corrected chi connectivity index (χ0v) is 15.0. The highest BCUT2D eigenvalue weighted by Crippen LogP contribution is 2.62. The van der Waals surface area contributed by atoms with E-state index in [1.54, 1.807) is 6.92 Å². The van der Waals surface area contributed by atoms with Crippen molar-refractivity contribution in [3.05, 3.63) is 29.7 Å². The minimum atomic E-state index is -4.74. The van der Waals surface area contributed by atoms with Gasteiger partial charge in [-0.25, -0.2) is 0 Å². The lowest BCUT2D eigenvalue weighted by molar-refractivity contribution is -0.142. The molecule has 0 aromatic carbocycles. The van der Waals surface area contributed by atoms with Crippen LogP contribution in [0.4, 0.5) is 13.2 Å². The number of carbonyl (C=O) groups is 1. The third kappa shape index (κ3) is 5.73. The number of alkyl halides is 3. The monoisotopic (exact) mass is 384 g/mol. The van der Waals surface area contributed by atoms with E-state index in [2.05, 4.69) is 0 Å². The van der Waals surface area contributed by atoms with E-state index >= 15 is 0 Å². The lowest BCUT2D eigenvalue weighted by atomic mass is 10.2. The lowest BCUT2D eigenvalue weighted by Gasteiger charge is -2.20. The highest BCUT2D eigenvalue weighted by atomic mass is 31.2. The molecule has 1 rings (SSSR count). The number of ether oxygens (including phenoxy) is 1. The van der Waals surface area contributed by atoms with Gasteiger partial charge in [0.15, 0.2) is 5.76 Å². The van der Waals surface area contributed by atoms with Gasteiger partial charge in [-0.15, -0.1) is 0 Å². The molecule has 0 saturated carbocycles. The van der Waals surface area contributed by atoms with Crippen LogP contribution in [0.1, 0.15) is 38.5 Å². The Morgan fingerprint density at radius 3 is 2.28 bits per heavy atom. The van der Waals surface area contributed by atoms with Crippen LogP contribution in [-0.2, 0) is 29.3 Å². The lowest BCUT2D eigenvalue weighted by Crippen LogP contribution is -2.08. The Morgan fingerprint density at radius 2 is 1.80 bits per heavy atom. The van der Waals surface area contributed by atoms with Crippen molar-refractivity contribution in [2.75, 3.05) is 19.8 Å². The molecule has 0 aliphatic heterocycles. The van der Waals surface area contributed by atoms with Crippen LogP contribution in [0.25, 0.3) is 5.31 Å². The third-order valence-electron chi connectivity index (χ3n) is 2.86. The van der Waals surface area contributed by atoms with Gasteiger partial charge in [0.25, 0.3) is 0 Å². The maximum atomic E-state index is 13.2. The zero-order valence-electron chi connectivity index (χ0n) is 14.1. The number of rotatable bonds is 9. The maximum absolute atomic E-state index is 13.2. The van der Waals surface area contributed by atoms with Gasteiger partial charge in [-0.3, -0.25) is 9.36 Å². The molecule has 0 N–H and O–H groups in total. The summed E-state index contributed by atoms with van der Waals surface area (Å²) in [5.41, 5.74) is -1.14. The van der Waals surface area contributed by atoms with Gasteiger partial charge in [-0.05, 0) is 26.8 Å². The highest BCUT2D eigenvalue weighted by Gasteiger charge is 2.42. The van der Waals surface area contributed by atoms with Gasteiger partial charge >= 0.3 is 19.7 Å². The molecule has 0 amide bonds. The van der Waals surface area contributed by atoms with Crippen molar-refractivity contribution in [3.8, 4) is 0 Å². The first-order chi connectivity index (χ1) is 11.7. The van der Waals surface area contributed by atoms with Gasteiger partial charge in [-0.1, -0.05) is 6.08 Å². The molecule has 1 aromatic heterocycles. The average molecular weight is 384 g/mol. The second kappa shape index (κ2) is 9.22. The number of furan rings is 1. The average Bonchev–Trinajstić information content (AvgIpc) is 2.97. The number of hydrogen-bond acceptors (Lipinski definition) is 6. The first kappa shape index (κ1) is 21.5. The van der Waals surface area contributed by atoms with Crippen molar-refractivity contribution in [1.29, 1.82) is 0 Å². The summed E-state index contributed by atoms with van der Waals surface area (Å²) in [6, 6.07) is 0.704. The summed E-state index contributed by atoms with van der Waals surface area (Å²) in [7, 11) is -4.13. The predicted octanol–water partition coefficient (Wildman–Crippen LogP) is 4.86. The summed E-state index contributed by atoms with van der Waals surface area (Å²) < 4.78 is 72.3. The van der Waals surface area contributed by atoms with Crippen molar-refractivity contribution >= 4 is 18.9 Å². The summed E-state index contributed by atoms with van der Waals surface area (Å²) >= 11 is 0. The normalized spacial score (nSPS) is 13.1. The second-order valence-electron chi connectivity index (χ2n) is 4.59. The van der Waals surface area contributed by atoms with Gasteiger partial charge in [0.1, 0.15) is 10.9 Å². The Hall–Kier alpha value is -1.57. The molecule has 1 heterocycles. The molecule has 0 radical (unpaired) electrons. The van der Waals surface area contributed by atoms with Gasteiger partial charge in [0, 0.05) is 0 Å². The number of hydrogen-bond donors (Lipinski definition) is 0. The molecule has 25 heavy (non-hydrogen) atoms. The molecule has 0 aliphatic carbocycles. The Balaban J connectivity index is 3.43. The zero-order chi connectivity index (χ0) is 19.1. The molecule has 0 fully saturated rings. The number of carbonyl (C=O) groups excluding carboxylic acids is 1. The summed E-state index contributed by atoms with van der Waals surface area (Å²) in [6.45, 7) is 4.57. The fraction of sp³-hybridized carbons (Fsp3) is 0.533. The first-order valence-electron chi connectivity index (χ1n) is 7.60. The van der Waals surface area contributed by atoms with Crippen LogP contribution in [0.5, 0.6) is 0 Å². The van der Waals surface area contributed by atoms with Crippen molar-refractivity contribution in [1.82, 2.24) is 0 Å². The SMILES string of the molecule is CCOC(=O)C/C=C(/c1occc1C(F)(F)F)P(=O)(OCC)OCC. The van der Waals surface area contributed by atoms with E-state index in [-0.39, 0.29) is 19.8 Å². The maximum Gasteiger partial charge on any atom is 0.420 e. The van der Waals surface area contributed by atoms with Crippen LogP contribution < -0.4 is 0 Å².